The Kier molecular flexibility index (Phi) is 3.52. The van der Waals surface area contributed by atoms with Crippen molar-refractivity contribution in [3.63, 3.8) is 0 Å². The lowest BCUT2D eigenvalue weighted by molar-refractivity contribution is 1.02. The first-order valence-electron chi connectivity index (χ1n) is 5.58. The average molecular weight is 294 g/mol. The molecule has 2 N–H and O–H groups in total. The molecule has 2 rings (SSSR count). The molecule has 17 heavy (non-hydrogen) atoms. The van der Waals surface area contributed by atoms with Gasteiger partial charge < -0.3 is 5.32 Å². The molecule has 0 spiro atoms. The number of rotatable bonds is 3. The molecule has 2 aromatic rings. The Labute approximate surface area is 110 Å². The van der Waals surface area contributed by atoms with Gasteiger partial charge in [0.25, 0.3) is 0 Å². The lowest BCUT2D eigenvalue weighted by Gasteiger charge is -2.08. The van der Waals surface area contributed by atoms with Crippen molar-refractivity contribution in [2.24, 2.45) is 0 Å². The van der Waals surface area contributed by atoms with Gasteiger partial charge in [0.1, 0.15) is 0 Å². The lowest BCUT2D eigenvalue weighted by Crippen LogP contribution is -2.01. The van der Waals surface area contributed by atoms with Gasteiger partial charge in [-0.2, -0.15) is 5.10 Å². The molecular formula is C13H16BrN3. The van der Waals surface area contributed by atoms with Crippen molar-refractivity contribution < 1.29 is 0 Å². The van der Waals surface area contributed by atoms with E-state index in [1.165, 1.54) is 11.1 Å². The first-order valence-corrected chi connectivity index (χ1v) is 6.37. The summed E-state index contributed by atoms with van der Waals surface area (Å²) < 4.78 is 1.15. The molecule has 1 aromatic carbocycles. The number of aromatic nitrogens is 2. The van der Waals surface area contributed by atoms with Gasteiger partial charge in [0.15, 0.2) is 0 Å². The molecule has 0 saturated heterocycles. The second-order valence-electron chi connectivity index (χ2n) is 4.25. The summed E-state index contributed by atoms with van der Waals surface area (Å²) in [7, 11) is 0. The molecule has 0 fully saturated rings. The number of benzene rings is 1. The third kappa shape index (κ3) is 2.69. The van der Waals surface area contributed by atoms with Crippen molar-refractivity contribution in [1.29, 1.82) is 0 Å². The maximum atomic E-state index is 4.17. The first-order chi connectivity index (χ1) is 8.08. The zero-order valence-corrected chi connectivity index (χ0v) is 11.9. The maximum Gasteiger partial charge on any atom is 0.0825 e. The molecule has 0 saturated carbocycles. The minimum absolute atomic E-state index is 0.815. The third-order valence-electron chi connectivity index (χ3n) is 2.82. The minimum atomic E-state index is 0.815. The summed E-state index contributed by atoms with van der Waals surface area (Å²) in [5, 5.41) is 10.6. The van der Waals surface area contributed by atoms with E-state index < -0.39 is 0 Å². The molecule has 0 aliphatic carbocycles. The Morgan fingerprint density at radius 1 is 1.29 bits per heavy atom. The van der Waals surface area contributed by atoms with Crippen LogP contribution in [-0.4, -0.2) is 10.2 Å². The summed E-state index contributed by atoms with van der Waals surface area (Å²) in [4.78, 5) is 0. The van der Waals surface area contributed by atoms with Crippen molar-refractivity contribution >= 4 is 21.6 Å². The lowest BCUT2D eigenvalue weighted by atomic mass is 10.1. The molecule has 1 aromatic heterocycles. The summed E-state index contributed by atoms with van der Waals surface area (Å²) in [6, 6.07) is 6.39. The normalized spacial score (nSPS) is 10.6. The van der Waals surface area contributed by atoms with Crippen LogP contribution in [0.25, 0.3) is 0 Å². The molecule has 0 atom stereocenters. The Morgan fingerprint density at radius 3 is 2.65 bits per heavy atom. The van der Waals surface area contributed by atoms with E-state index in [0.717, 1.165) is 28.1 Å². The molecule has 4 heteroatoms. The predicted molar refractivity (Wildman–Crippen MR) is 74.3 cm³/mol. The zero-order chi connectivity index (χ0) is 12.4. The highest BCUT2D eigenvalue weighted by Gasteiger charge is 2.05. The number of hydrogen-bond acceptors (Lipinski definition) is 2. The zero-order valence-electron chi connectivity index (χ0n) is 10.3. The van der Waals surface area contributed by atoms with Crippen molar-refractivity contribution in [3.05, 3.63) is 45.2 Å². The molecule has 0 radical (unpaired) electrons. The SMILES string of the molecule is Cc1cc(CNc2c(C)n[nH]c2C)ccc1Br. The largest absolute Gasteiger partial charge is 0.378 e. The number of aryl methyl sites for hydroxylation is 3. The van der Waals surface area contributed by atoms with Gasteiger partial charge >= 0.3 is 0 Å². The van der Waals surface area contributed by atoms with Crippen LogP contribution < -0.4 is 5.32 Å². The molecule has 90 valence electrons. The minimum Gasteiger partial charge on any atom is -0.378 e. The van der Waals surface area contributed by atoms with Crippen molar-refractivity contribution in [2.45, 2.75) is 27.3 Å². The summed E-state index contributed by atoms with van der Waals surface area (Å²) in [6.07, 6.45) is 0. The van der Waals surface area contributed by atoms with Crippen LogP contribution in [0.5, 0.6) is 0 Å². The van der Waals surface area contributed by atoms with Gasteiger partial charge in [-0.15, -0.1) is 0 Å². The quantitative estimate of drug-likeness (QED) is 0.906. The molecule has 0 unspecified atom stereocenters. The van der Waals surface area contributed by atoms with Gasteiger partial charge in [-0.05, 0) is 38.0 Å². The molecule has 0 bridgehead atoms. The molecular weight excluding hydrogens is 278 g/mol. The predicted octanol–water partition coefficient (Wildman–Crippen LogP) is 3.71. The van der Waals surface area contributed by atoms with Gasteiger partial charge in [-0.25, -0.2) is 0 Å². The Morgan fingerprint density at radius 2 is 2.06 bits per heavy atom. The standard InChI is InChI=1S/C13H16BrN3/c1-8-6-11(4-5-12(8)14)7-15-13-9(2)16-17-10(13)3/h4-6,15H,7H2,1-3H3,(H,16,17). The van der Waals surface area contributed by atoms with Crippen molar-refractivity contribution in [1.82, 2.24) is 10.2 Å². The molecule has 1 heterocycles. The third-order valence-corrected chi connectivity index (χ3v) is 3.71. The Bertz CT molecular complexity index is 512. The van der Waals surface area contributed by atoms with Crippen LogP contribution in [0.1, 0.15) is 22.5 Å². The van der Waals surface area contributed by atoms with E-state index in [0.29, 0.717) is 0 Å². The van der Waals surface area contributed by atoms with Crippen LogP contribution in [0.2, 0.25) is 0 Å². The topological polar surface area (TPSA) is 40.7 Å². The number of anilines is 1. The molecule has 0 aliphatic heterocycles. The van der Waals surface area contributed by atoms with Crippen LogP contribution in [-0.2, 0) is 6.54 Å². The second-order valence-corrected chi connectivity index (χ2v) is 5.10. The van der Waals surface area contributed by atoms with E-state index in [2.05, 4.69) is 56.6 Å². The molecule has 3 nitrogen and oxygen atoms in total. The van der Waals surface area contributed by atoms with Gasteiger partial charge in [-0.3, -0.25) is 5.10 Å². The monoisotopic (exact) mass is 293 g/mol. The van der Waals surface area contributed by atoms with Crippen LogP contribution in [0.4, 0.5) is 5.69 Å². The first kappa shape index (κ1) is 12.2. The van der Waals surface area contributed by atoms with Crippen LogP contribution in [0.15, 0.2) is 22.7 Å². The highest BCUT2D eigenvalue weighted by Crippen LogP contribution is 2.20. The van der Waals surface area contributed by atoms with Crippen LogP contribution in [0.3, 0.4) is 0 Å². The second kappa shape index (κ2) is 4.92. The van der Waals surface area contributed by atoms with Gasteiger partial charge in [0, 0.05) is 11.0 Å². The van der Waals surface area contributed by atoms with E-state index in [9.17, 15) is 0 Å². The smallest absolute Gasteiger partial charge is 0.0825 e. The highest BCUT2D eigenvalue weighted by molar-refractivity contribution is 9.10. The fraction of sp³-hybridized carbons (Fsp3) is 0.308. The van der Waals surface area contributed by atoms with Gasteiger partial charge in [0.05, 0.1) is 17.1 Å². The number of nitrogens with one attached hydrogen (secondary N) is 2. The maximum absolute atomic E-state index is 4.17. The number of halogens is 1. The van der Waals surface area contributed by atoms with Crippen LogP contribution >= 0.6 is 15.9 Å². The van der Waals surface area contributed by atoms with Crippen molar-refractivity contribution in [3.8, 4) is 0 Å². The summed E-state index contributed by atoms with van der Waals surface area (Å²) in [5.41, 5.74) is 5.72. The van der Waals surface area contributed by atoms with Gasteiger partial charge in [-0.1, -0.05) is 28.1 Å². The Balaban J connectivity index is 2.10. The van der Waals surface area contributed by atoms with E-state index >= 15 is 0 Å². The molecule has 0 amide bonds. The fourth-order valence-corrected chi connectivity index (χ4v) is 2.07. The Hall–Kier alpha value is -1.29. The number of aromatic amines is 1. The van der Waals surface area contributed by atoms with E-state index in [4.69, 9.17) is 0 Å². The molecule has 0 aliphatic rings. The summed E-state index contributed by atoms with van der Waals surface area (Å²) in [5.74, 6) is 0. The number of hydrogen-bond donors (Lipinski definition) is 2. The van der Waals surface area contributed by atoms with Crippen molar-refractivity contribution in [2.75, 3.05) is 5.32 Å². The summed E-state index contributed by atoms with van der Waals surface area (Å²) >= 11 is 3.51. The number of H-pyrrole nitrogens is 1. The van der Waals surface area contributed by atoms with Gasteiger partial charge in [0.2, 0.25) is 0 Å². The fourth-order valence-electron chi connectivity index (χ4n) is 1.82. The van der Waals surface area contributed by atoms with Crippen LogP contribution in [0, 0.1) is 20.8 Å². The van der Waals surface area contributed by atoms with E-state index in [1.807, 2.05) is 13.8 Å². The number of nitrogens with zero attached hydrogens (tertiary/aromatic N) is 1. The highest BCUT2D eigenvalue weighted by atomic mass is 79.9. The average Bonchev–Trinajstić information content (AvgIpc) is 2.61. The van der Waals surface area contributed by atoms with E-state index in [1.54, 1.807) is 0 Å². The van der Waals surface area contributed by atoms with E-state index in [-0.39, 0.29) is 0 Å². The summed E-state index contributed by atoms with van der Waals surface area (Å²) in [6.45, 7) is 6.94.